The van der Waals surface area contributed by atoms with E-state index in [-0.39, 0.29) is 11.3 Å². The molecule has 1 amide bonds. The van der Waals surface area contributed by atoms with Gasteiger partial charge in [-0.15, -0.1) is 0 Å². The van der Waals surface area contributed by atoms with Crippen molar-refractivity contribution in [2.75, 3.05) is 46.9 Å². The molecule has 2 rings (SSSR count). The van der Waals surface area contributed by atoms with E-state index in [0.29, 0.717) is 12.6 Å². The number of likely N-dealkylation sites (tertiary alicyclic amines) is 1. The Morgan fingerprint density at radius 3 is 2.63 bits per heavy atom. The lowest BCUT2D eigenvalue weighted by molar-refractivity contribution is -0.122. The number of nitrogens with one attached hydrogen (secondary N) is 3. The lowest BCUT2D eigenvalue weighted by atomic mass is 9.84. The summed E-state index contributed by atoms with van der Waals surface area (Å²) >= 11 is 0. The zero-order valence-electron chi connectivity index (χ0n) is 19.3. The van der Waals surface area contributed by atoms with Gasteiger partial charge in [0, 0.05) is 44.7 Å². The number of carbonyl (C=O) groups excluding carboxylic acids is 1. The number of ether oxygens (including phenoxy) is 1. The number of piperidine rings is 1. The molecule has 0 spiro atoms. The highest BCUT2D eigenvalue weighted by Gasteiger charge is 2.24. The Morgan fingerprint density at radius 2 is 2.00 bits per heavy atom. The van der Waals surface area contributed by atoms with Crippen LogP contribution in [0.15, 0.2) is 29.3 Å². The minimum absolute atomic E-state index is 0.0681. The summed E-state index contributed by atoms with van der Waals surface area (Å²) in [7, 11) is 3.50. The number of amides is 1. The highest BCUT2D eigenvalue weighted by molar-refractivity contribution is 5.80. The summed E-state index contributed by atoms with van der Waals surface area (Å²) < 4.78 is 5.36. The first-order chi connectivity index (χ1) is 14.4. The second-order valence-electron chi connectivity index (χ2n) is 8.59. The lowest BCUT2D eigenvalue weighted by Crippen LogP contribution is -2.51. The number of hydrogen-bond donors (Lipinski definition) is 3. The highest BCUT2D eigenvalue weighted by atomic mass is 16.5. The number of guanidine groups is 1. The van der Waals surface area contributed by atoms with Crippen molar-refractivity contribution in [2.45, 2.75) is 51.5 Å². The topological polar surface area (TPSA) is 78.0 Å². The van der Waals surface area contributed by atoms with Gasteiger partial charge in [-0.3, -0.25) is 14.7 Å². The minimum Gasteiger partial charge on any atom is -0.497 e. The van der Waals surface area contributed by atoms with Gasteiger partial charge in [-0.25, -0.2) is 0 Å². The summed E-state index contributed by atoms with van der Waals surface area (Å²) in [4.78, 5) is 18.5. The van der Waals surface area contributed by atoms with Crippen LogP contribution in [0.4, 0.5) is 0 Å². The molecule has 0 aromatic heterocycles. The summed E-state index contributed by atoms with van der Waals surface area (Å²) in [5, 5.41) is 9.98. The van der Waals surface area contributed by atoms with Crippen molar-refractivity contribution in [2.24, 2.45) is 4.99 Å². The molecule has 0 aliphatic carbocycles. The molecule has 3 N–H and O–H groups in total. The zero-order valence-corrected chi connectivity index (χ0v) is 19.3. The van der Waals surface area contributed by atoms with Crippen LogP contribution in [-0.4, -0.2) is 69.7 Å². The van der Waals surface area contributed by atoms with Gasteiger partial charge in [0.05, 0.1) is 13.7 Å². The molecule has 1 aliphatic heterocycles. The van der Waals surface area contributed by atoms with E-state index in [0.717, 1.165) is 57.2 Å². The second kappa shape index (κ2) is 11.8. The van der Waals surface area contributed by atoms with Crippen LogP contribution in [0.25, 0.3) is 0 Å². The molecule has 30 heavy (non-hydrogen) atoms. The molecule has 1 saturated heterocycles. The van der Waals surface area contributed by atoms with Gasteiger partial charge in [-0.05, 0) is 37.0 Å². The van der Waals surface area contributed by atoms with Crippen molar-refractivity contribution in [3.63, 3.8) is 0 Å². The summed E-state index contributed by atoms with van der Waals surface area (Å²) in [5.41, 5.74) is 1.15. The fourth-order valence-electron chi connectivity index (χ4n) is 3.60. The van der Waals surface area contributed by atoms with Crippen LogP contribution < -0.4 is 20.7 Å². The Bertz CT molecular complexity index is 697. The smallest absolute Gasteiger partial charge is 0.234 e. The van der Waals surface area contributed by atoms with Crippen LogP contribution in [0.1, 0.15) is 45.6 Å². The maximum absolute atomic E-state index is 11.9. The first-order valence-corrected chi connectivity index (χ1v) is 11.0. The van der Waals surface area contributed by atoms with Crippen molar-refractivity contribution in [3.8, 4) is 5.75 Å². The fourth-order valence-corrected chi connectivity index (χ4v) is 3.60. The molecular formula is C23H39N5O2. The number of rotatable bonds is 9. The van der Waals surface area contributed by atoms with Crippen LogP contribution >= 0.6 is 0 Å². The molecule has 0 unspecified atom stereocenters. The highest BCUT2D eigenvalue weighted by Crippen LogP contribution is 2.25. The van der Waals surface area contributed by atoms with Gasteiger partial charge in [-0.1, -0.05) is 32.9 Å². The molecule has 0 bridgehead atoms. The van der Waals surface area contributed by atoms with E-state index < -0.39 is 0 Å². The van der Waals surface area contributed by atoms with Crippen molar-refractivity contribution in [1.29, 1.82) is 0 Å². The number of hydrogen-bond acceptors (Lipinski definition) is 4. The van der Waals surface area contributed by atoms with Crippen molar-refractivity contribution in [1.82, 2.24) is 20.9 Å². The SMILES string of the molecule is CCCNC(=O)CN1CCC(NC(=NC)NCC(C)(C)c2cccc(OC)c2)CC1. The molecule has 1 aromatic rings. The summed E-state index contributed by atoms with van der Waals surface area (Å²) in [5.74, 6) is 1.82. The van der Waals surface area contributed by atoms with Gasteiger partial charge >= 0.3 is 0 Å². The summed E-state index contributed by atoms with van der Waals surface area (Å²) in [6.07, 6.45) is 2.97. The Morgan fingerprint density at radius 1 is 1.27 bits per heavy atom. The number of nitrogens with zero attached hydrogens (tertiary/aromatic N) is 2. The Hall–Kier alpha value is -2.28. The average molecular weight is 418 g/mol. The standard InChI is InChI=1S/C23H39N5O2/c1-6-12-25-21(29)16-28-13-10-19(11-14-28)27-22(24-4)26-17-23(2,3)18-8-7-9-20(15-18)30-5/h7-9,15,19H,6,10-14,16-17H2,1-5H3,(H,25,29)(H2,24,26,27). The van der Waals surface area contributed by atoms with E-state index in [2.05, 4.69) is 58.7 Å². The van der Waals surface area contributed by atoms with Gasteiger partial charge in [0.1, 0.15) is 5.75 Å². The first-order valence-electron chi connectivity index (χ1n) is 11.0. The van der Waals surface area contributed by atoms with Gasteiger partial charge in [0.15, 0.2) is 5.96 Å². The molecule has 7 heteroatoms. The molecule has 0 radical (unpaired) electrons. The first kappa shape index (κ1) is 24.0. The minimum atomic E-state index is -0.0681. The molecule has 0 saturated carbocycles. The zero-order chi connectivity index (χ0) is 22.0. The third kappa shape index (κ3) is 7.52. The number of methoxy groups -OCH3 is 1. The molecule has 0 atom stereocenters. The molecule has 1 fully saturated rings. The van der Waals surface area contributed by atoms with Crippen molar-refractivity contribution in [3.05, 3.63) is 29.8 Å². The Balaban J connectivity index is 1.79. The second-order valence-corrected chi connectivity index (χ2v) is 8.59. The van der Waals surface area contributed by atoms with E-state index in [1.54, 1.807) is 14.2 Å². The average Bonchev–Trinajstić information content (AvgIpc) is 2.76. The monoisotopic (exact) mass is 417 g/mol. The molecule has 1 aromatic carbocycles. The number of carbonyl (C=O) groups is 1. The quantitative estimate of drug-likeness (QED) is 0.424. The van der Waals surface area contributed by atoms with Crippen molar-refractivity contribution < 1.29 is 9.53 Å². The fraction of sp³-hybridized carbons (Fsp3) is 0.652. The van der Waals surface area contributed by atoms with E-state index in [1.165, 1.54) is 5.56 Å². The van der Waals surface area contributed by atoms with Gasteiger partial charge in [0.2, 0.25) is 5.91 Å². The van der Waals surface area contributed by atoms with Crippen LogP contribution in [0.3, 0.4) is 0 Å². The molecular weight excluding hydrogens is 378 g/mol. The maximum Gasteiger partial charge on any atom is 0.234 e. The third-order valence-corrected chi connectivity index (χ3v) is 5.64. The van der Waals surface area contributed by atoms with E-state index in [1.807, 2.05) is 12.1 Å². The summed E-state index contributed by atoms with van der Waals surface area (Å²) in [6, 6.07) is 8.58. The third-order valence-electron chi connectivity index (χ3n) is 5.64. The van der Waals surface area contributed by atoms with Gasteiger partial charge in [0.25, 0.3) is 0 Å². The summed E-state index contributed by atoms with van der Waals surface area (Å²) in [6.45, 7) is 10.3. The number of aliphatic imine (C=N–C) groups is 1. The van der Waals surface area contributed by atoms with Gasteiger partial charge < -0.3 is 20.7 Å². The maximum atomic E-state index is 11.9. The molecule has 1 aliphatic rings. The van der Waals surface area contributed by atoms with Crippen LogP contribution in [0.5, 0.6) is 5.75 Å². The molecule has 1 heterocycles. The van der Waals surface area contributed by atoms with Gasteiger partial charge in [-0.2, -0.15) is 0 Å². The lowest BCUT2D eigenvalue weighted by Gasteiger charge is -2.33. The molecule has 7 nitrogen and oxygen atoms in total. The van der Waals surface area contributed by atoms with Crippen LogP contribution in [0.2, 0.25) is 0 Å². The van der Waals surface area contributed by atoms with Crippen LogP contribution in [0, 0.1) is 0 Å². The predicted octanol–water partition coefficient (Wildman–Crippen LogP) is 2.13. The van der Waals surface area contributed by atoms with Crippen molar-refractivity contribution >= 4 is 11.9 Å². The Labute approximate surface area is 181 Å². The normalized spacial score (nSPS) is 16.2. The predicted molar refractivity (Wildman–Crippen MR) is 123 cm³/mol. The molecule has 168 valence electrons. The largest absolute Gasteiger partial charge is 0.497 e. The number of benzene rings is 1. The van der Waals surface area contributed by atoms with E-state index in [9.17, 15) is 4.79 Å². The Kier molecular flexibility index (Phi) is 9.43. The van der Waals surface area contributed by atoms with E-state index >= 15 is 0 Å². The van der Waals surface area contributed by atoms with E-state index in [4.69, 9.17) is 4.74 Å². The van der Waals surface area contributed by atoms with Crippen LogP contribution in [-0.2, 0) is 10.2 Å².